The minimum absolute atomic E-state index is 0.304. The highest BCUT2D eigenvalue weighted by molar-refractivity contribution is 5.94. The number of urea groups is 1. The van der Waals surface area contributed by atoms with Crippen LogP contribution < -0.4 is 15.5 Å². The summed E-state index contributed by atoms with van der Waals surface area (Å²) in [5, 5.41) is 13.6. The zero-order chi connectivity index (χ0) is 14.7. The van der Waals surface area contributed by atoms with Gasteiger partial charge in [0.1, 0.15) is 5.82 Å². The van der Waals surface area contributed by atoms with Crippen molar-refractivity contribution in [2.75, 3.05) is 43.6 Å². The highest BCUT2D eigenvalue weighted by Gasteiger charge is 2.20. The van der Waals surface area contributed by atoms with E-state index in [2.05, 4.69) is 30.7 Å². The molecule has 0 aromatic carbocycles. The van der Waals surface area contributed by atoms with Crippen LogP contribution in [0.1, 0.15) is 6.42 Å². The summed E-state index contributed by atoms with van der Waals surface area (Å²) in [6.07, 6.45) is 2.93. The molecule has 1 fully saturated rings. The molecule has 0 unspecified atom stereocenters. The van der Waals surface area contributed by atoms with Gasteiger partial charge in [0, 0.05) is 39.0 Å². The van der Waals surface area contributed by atoms with Gasteiger partial charge in [0.05, 0.1) is 17.5 Å². The quantitative estimate of drug-likeness (QED) is 0.712. The number of carbonyl (C=O) groups excluding carboxylic acids is 1. The molecular formula is C13H18N6O2. The van der Waals surface area contributed by atoms with Crippen LogP contribution in [0.25, 0.3) is 10.9 Å². The Morgan fingerprint density at radius 3 is 3.10 bits per heavy atom. The van der Waals surface area contributed by atoms with E-state index in [4.69, 9.17) is 4.74 Å². The molecule has 1 aliphatic heterocycles. The smallest absolute Gasteiger partial charge is 0.320 e. The SMILES string of the molecule is COCCNC(=O)Nc1cc2[nH]nc(N3CCC3)c2cn1. The number of hydrogen-bond acceptors (Lipinski definition) is 5. The van der Waals surface area contributed by atoms with Crippen molar-refractivity contribution in [1.29, 1.82) is 0 Å². The molecule has 8 heteroatoms. The lowest BCUT2D eigenvalue weighted by atomic mass is 10.2. The number of methoxy groups -OCH3 is 1. The first-order chi connectivity index (χ1) is 10.3. The second-order valence-corrected chi connectivity index (χ2v) is 4.88. The molecule has 21 heavy (non-hydrogen) atoms. The van der Waals surface area contributed by atoms with Crippen molar-refractivity contribution in [3.8, 4) is 0 Å². The molecule has 0 atom stereocenters. The van der Waals surface area contributed by atoms with Gasteiger partial charge in [-0.05, 0) is 6.42 Å². The molecule has 3 rings (SSSR count). The van der Waals surface area contributed by atoms with Crippen LogP contribution in [-0.2, 0) is 4.74 Å². The van der Waals surface area contributed by atoms with Crippen LogP contribution >= 0.6 is 0 Å². The summed E-state index contributed by atoms with van der Waals surface area (Å²) in [7, 11) is 1.59. The fraction of sp³-hybridized carbons (Fsp3) is 0.462. The van der Waals surface area contributed by atoms with Gasteiger partial charge in [-0.25, -0.2) is 9.78 Å². The standard InChI is InChI=1S/C13H18N6O2/c1-21-6-3-14-13(20)16-11-7-10-9(8-15-11)12(18-17-10)19-4-2-5-19/h7-8H,2-6H2,1H3,(H,17,18)(H2,14,15,16,20). The molecule has 1 saturated heterocycles. The van der Waals surface area contributed by atoms with E-state index in [1.807, 2.05) is 0 Å². The van der Waals surface area contributed by atoms with Crippen molar-refractivity contribution < 1.29 is 9.53 Å². The highest BCUT2D eigenvalue weighted by atomic mass is 16.5. The number of H-pyrrole nitrogens is 1. The van der Waals surface area contributed by atoms with Gasteiger partial charge in [0.25, 0.3) is 0 Å². The molecule has 0 aliphatic carbocycles. The Kier molecular flexibility index (Phi) is 3.87. The first-order valence-corrected chi connectivity index (χ1v) is 6.91. The molecule has 0 spiro atoms. The lowest BCUT2D eigenvalue weighted by Crippen LogP contribution is -2.37. The van der Waals surface area contributed by atoms with Crippen LogP contribution in [0.3, 0.4) is 0 Å². The van der Waals surface area contributed by atoms with Gasteiger partial charge in [-0.2, -0.15) is 5.10 Å². The molecule has 0 radical (unpaired) electrons. The van der Waals surface area contributed by atoms with E-state index >= 15 is 0 Å². The van der Waals surface area contributed by atoms with Crippen molar-refractivity contribution >= 4 is 28.6 Å². The Hall–Kier alpha value is -2.35. The van der Waals surface area contributed by atoms with Gasteiger partial charge in [0.2, 0.25) is 0 Å². The largest absolute Gasteiger partial charge is 0.383 e. The van der Waals surface area contributed by atoms with E-state index in [1.54, 1.807) is 19.4 Å². The molecule has 3 heterocycles. The number of aromatic amines is 1. The monoisotopic (exact) mass is 290 g/mol. The van der Waals surface area contributed by atoms with Crippen LogP contribution in [0.2, 0.25) is 0 Å². The van der Waals surface area contributed by atoms with Crippen LogP contribution in [-0.4, -0.2) is 54.6 Å². The molecule has 2 amide bonds. The van der Waals surface area contributed by atoms with E-state index in [9.17, 15) is 4.79 Å². The molecule has 2 aromatic rings. The van der Waals surface area contributed by atoms with Crippen molar-refractivity contribution in [3.63, 3.8) is 0 Å². The molecule has 1 aliphatic rings. The van der Waals surface area contributed by atoms with Crippen molar-refractivity contribution in [2.45, 2.75) is 6.42 Å². The Morgan fingerprint density at radius 2 is 2.38 bits per heavy atom. The zero-order valence-electron chi connectivity index (χ0n) is 11.8. The highest BCUT2D eigenvalue weighted by Crippen LogP contribution is 2.27. The predicted octanol–water partition coefficient (Wildman–Crippen LogP) is 0.936. The van der Waals surface area contributed by atoms with Crippen LogP contribution in [0.5, 0.6) is 0 Å². The summed E-state index contributed by atoms with van der Waals surface area (Å²) >= 11 is 0. The molecule has 3 N–H and O–H groups in total. The van der Waals surface area contributed by atoms with Gasteiger partial charge in [-0.3, -0.25) is 10.4 Å². The van der Waals surface area contributed by atoms with Gasteiger partial charge < -0.3 is 15.0 Å². The van der Waals surface area contributed by atoms with Gasteiger partial charge in [-0.1, -0.05) is 0 Å². The Morgan fingerprint density at radius 1 is 1.52 bits per heavy atom. The van der Waals surface area contributed by atoms with E-state index in [0.29, 0.717) is 19.0 Å². The number of rotatable bonds is 5. The van der Waals surface area contributed by atoms with Crippen molar-refractivity contribution in [2.24, 2.45) is 0 Å². The maximum Gasteiger partial charge on any atom is 0.320 e. The fourth-order valence-corrected chi connectivity index (χ4v) is 2.16. The number of amides is 2. The Balaban J connectivity index is 1.68. The minimum atomic E-state index is -0.304. The molecule has 2 aromatic heterocycles. The first-order valence-electron chi connectivity index (χ1n) is 6.91. The number of ether oxygens (including phenoxy) is 1. The number of fused-ring (bicyclic) bond motifs is 1. The molecule has 0 saturated carbocycles. The summed E-state index contributed by atoms with van der Waals surface area (Å²) in [6.45, 7) is 2.98. The normalized spacial score (nSPS) is 14.0. The number of carbonyl (C=O) groups is 1. The third-order valence-corrected chi connectivity index (χ3v) is 3.42. The number of nitrogens with zero attached hydrogens (tertiary/aromatic N) is 3. The van der Waals surface area contributed by atoms with Crippen LogP contribution in [0, 0.1) is 0 Å². The average Bonchev–Trinajstić information content (AvgIpc) is 2.80. The average molecular weight is 290 g/mol. The van der Waals surface area contributed by atoms with E-state index < -0.39 is 0 Å². The van der Waals surface area contributed by atoms with Gasteiger partial charge in [-0.15, -0.1) is 0 Å². The molecular weight excluding hydrogens is 272 g/mol. The molecule has 112 valence electrons. The van der Waals surface area contributed by atoms with E-state index in [1.165, 1.54) is 6.42 Å². The van der Waals surface area contributed by atoms with E-state index in [0.717, 1.165) is 29.8 Å². The van der Waals surface area contributed by atoms with Crippen LogP contribution in [0.15, 0.2) is 12.3 Å². The third-order valence-electron chi connectivity index (χ3n) is 3.42. The Labute approximate surface area is 121 Å². The van der Waals surface area contributed by atoms with Crippen LogP contribution in [0.4, 0.5) is 16.4 Å². The maximum atomic E-state index is 11.6. The van der Waals surface area contributed by atoms with Gasteiger partial charge >= 0.3 is 6.03 Å². The maximum absolute atomic E-state index is 11.6. The first kappa shape index (κ1) is 13.6. The summed E-state index contributed by atoms with van der Waals surface area (Å²) in [5.74, 6) is 1.41. The summed E-state index contributed by atoms with van der Waals surface area (Å²) in [6, 6.07) is 1.48. The summed E-state index contributed by atoms with van der Waals surface area (Å²) < 4.78 is 4.87. The van der Waals surface area contributed by atoms with Crippen molar-refractivity contribution in [1.82, 2.24) is 20.5 Å². The lowest BCUT2D eigenvalue weighted by molar-refractivity contribution is 0.198. The predicted molar refractivity (Wildman–Crippen MR) is 79.6 cm³/mol. The number of pyridine rings is 1. The summed E-state index contributed by atoms with van der Waals surface area (Å²) in [4.78, 5) is 18.1. The van der Waals surface area contributed by atoms with E-state index in [-0.39, 0.29) is 6.03 Å². The molecule has 8 nitrogen and oxygen atoms in total. The second kappa shape index (κ2) is 5.96. The number of hydrogen-bond donors (Lipinski definition) is 3. The number of anilines is 2. The second-order valence-electron chi connectivity index (χ2n) is 4.88. The number of nitrogens with one attached hydrogen (secondary N) is 3. The van der Waals surface area contributed by atoms with Gasteiger partial charge in [0.15, 0.2) is 5.82 Å². The topological polar surface area (TPSA) is 95.2 Å². The molecule has 0 bridgehead atoms. The van der Waals surface area contributed by atoms with Crippen molar-refractivity contribution in [3.05, 3.63) is 12.3 Å². The zero-order valence-corrected chi connectivity index (χ0v) is 11.8. The third kappa shape index (κ3) is 2.89. The fourth-order valence-electron chi connectivity index (χ4n) is 2.16. The number of aromatic nitrogens is 3. The summed E-state index contributed by atoms with van der Waals surface area (Å²) in [5.41, 5.74) is 0.860. The Bertz CT molecular complexity index is 637. The lowest BCUT2D eigenvalue weighted by Gasteiger charge is -2.30. The minimum Gasteiger partial charge on any atom is -0.383 e.